The molecule has 1 aliphatic heterocycles. The summed E-state index contributed by atoms with van der Waals surface area (Å²) < 4.78 is 40.4. The van der Waals surface area contributed by atoms with Gasteiger partial charge in [0.1, 0.15) is 12.7 Å². The van der Waals surface area contributed by atoms with Crippen molar-refractivity contribution < 1.29 is 26.9 Å². The molecule has 1 heterocycles. The van der Waals surface area contributed by atoms with Crippen molar-refractivity contribution in [3.63, 3.8) is 0 Å². The maximum Gasteiger partial charge on any atom is 0.297 e. The van der Waals surface area contributed by atoms with Crippen LogP contribution >= 0.6 is 0 Å². The number of ether oxygens (including phenoxy) is 2. The largest absolute Gasteiger partial charge is 0.343 e. The molecule has 0 unspecified atom stereocenters. The number of carbonyl (C=O) groups excluding carboxylic acids is 1. The Kier molecular flexibility index (Phi) is 5.59. The lowest BCUT2D eigenvalue weighted by atomic mass is 10.1. The van der Waals surface area contributed by atoms with Gasteiger partial charge in [0.25, 0.3) is 10.1 Å². The van der Waals surface area contributed by atoms with Crippen LogP contribution in [0, 0.1) is 6.92 Å². The zero-order valence-electron chi connectivity index (χ0n) is 14.2. The van der Waals surface area contributed by atoms with Gasteiger partial charge in [-0.25, -0.2) is 0 Å². The summed E-state index contributed by atoms with van der Waals surface area (Å²) in [6.45, 7) is 7.02. The normalized spacial score (nSPS) is 21.9. The lowest BCUT2D eigenvalue weighted by Crippen LogP contribution is -2.40. The van der Waals surface area contributed by atoms with Gasteiger partial charge in [-0.05, 0) is 52.0 Å². The smallest absolute Gasteiger partial charge is 0.297 e. The van der Waals surface area contributed by atoms with Crippen molar-refractivity contribution in [1.29, 1.82) is 0 Å². The van der Waals surface area contributed by atoms with Gasteiger partial charge in [-0.15, -0.1) is 0 Å². The Balaban J connectivity index is 2.01. The van der Waals surface area contributed by atoms with Gasteiger partial charge in [0.05, 0.1) is 10.5 Å². The zero-order valence-corrected chi connectivity index (χ0v) is 15.0. The van der Waals surface area contributed by atoms with Gasteiger partial charge in [-0.1, -0.05) is 17.7 Å². The fourth-order valence-corrected chi connectivity index (χ4v) is 2.92. The van der Waals surface area contributed by atoms with E-state index in [1.54, 1.807) is 12.1 Å². The van der Waals surface area contributed by atoms with Gasteiger partial charge >= 0.3 is 0 Å². The first-order chi connectivity index (χ1) is 11.1. The van der Waals surface area contributed by atoms with Gasteiger partial charge in [0.2, 0.25) is 0 Å². The van der Waals surface area contributed by atoms with Crippen LogP contribution in [0.15, 0.2) is 41.3 Å². The van der Waals surface area contributed by atoms with Crippen LogP contribution in [0.2, 0.25) is 0 Å². The Labute approximate surface area is 142 Å². The Hall–Kier alpha value is -1.54. The van der Waals surface area contributed by atoms with Gasteiger partial charge in [-0.2, -0.15) is 8.42 Å². The van der Waals surface area contributed by atoms with E-state index in [9.17, 15) is 13.2 Å². The van der Waals surface area contributed by atoms with Crippen molar-refractivity contribution in [1.82, 2.24) is 0 Å². The minimum Gasteiger partial charge on any atom is -0.343 e. The van der Waals surface area contributed by atoms with Crippen molar-refractivity contribution in [3.8, 4) is 0 Å². The molecule has 0 N–H and O–H groups in total. The molecule has 0 aromatic heterocycles. The van der Waals surface area contributed by atoms with Crippen LogP contribution in [-0.4, -0.2) is 38.8 Å². The SMILES string of the molecule is Cc1ccc(S(=O)(=O)OC[C@H]2O[C@H](OC(C)(C)C)C=CC2=O)cc1. The van der Waals surface area contributed by atoms with Crippen molar-refractivity contribution in [2.75, 3.05) is 6.61 Å². The summed E-state index contributed by atoms with van der Waals surface area (Å²) in [6.07, 6.45) is 1.08. The molecule has 1 aromatic carbocycles. The molecule has 132 valence electrons. The molecular formula is C17H22O6S. The fourth-order valence-electron chi connectivity index (χ4n) is 2.02. The van der Waals surface area contributed by atoms with Crippen molar-refractivity contribution in [3.05, 3.63) is 42.0 Å². The van der Waals surface area contributed by atoms with Gasteiger partial charge in [0.15, 0.2) is 12.1 Å². The quantitative estimate of drug-likeness (QED) is 0.756. The third-order valence-electron chi connectivity index (χ3n) is 3.19. The molecule has 0 fully saturated rings. The molecule has 1 aliphatic rings. The van der Waals surface area contributed by atoms with Gasteiger partial charge in [-0.3, -0.25) is 8.98 Å². The first-order valence-electron chi connectivity index (χ1n) is 7.58. The van der Waals surface area contributed by atoms with Crippen molar-refractivity contribution in [2.24, 2.45) is 0 Å². The van der Waals surface area contributed by atoms with E-state index in [2.05, 4.69) is 0 Å². The Morgan fingerprint density at radius 3 is 2.38 bits per heavy atom. The Morgan fingerprint density at radius 2 is 1.79 bits per heavy atom. The molecule has 0 saturated carbocycles. The lowest BCUT2D eigenvalue weighted by Gasteiger charge is -2.30. The van der Waals surface area contributed by atoms with E-state index in [0.717, 1.165) is 5.56 Å². The van der Waals surface area contributed by atoms with E-state index in [1.165, 1.54) is 24.3 Å². The average molecular weight is 354 g/mol. The monoisotopic (exact) mass is 354 g/mol. The summed E-state index contributed by atoms with van der Waals surface area (Å²) in [5.74, 6) is -0.358. The second-order valence-electron chi connectivity index (χ2n) is 6.54. The summed E-state index contributed by atoms with van der Waals surface area (Å²) in [5, 5.41) is 0. The summed E-state index contributed by atoms with van der Waals surface area (Å²) in [5.41, 5.74) is 0.474. The summed E-state index contributed by atoms with van der Waals surface area (Å²) in [7, 11) is -3.95. The van der Waals surface area contributed by atoms with Crippen LogP contribution in [0.3, 0.4) is 0 Å². The Bertz CT molecular complexity index is 712. The molecular weight excluding hydrogens is 332 g/mol. The van der Waals surface area contributed by atoms with E-state index in [1.807, 2.05) is 27.7 Å². The third kappa shape index (κ3) is 5.24. The highest BCUT2D eigenvalue weighted by molar-refractivity contribution is 7.86. The van der Waals surface area contributed by atoms with Crippen LogP contribution in [0.4, 0.5) is 0 Å². The topological polar surface area (TPSA) is 78.9 Å². The summed E-state index contributed by atoms with van der Waals surface area (Å²) in [6, 6.07) is 6.27. The summed E-state index contributed by atoms with van der Waals surface area (Å²) in [4.78, 5) is 11.9. The van der Waals surface area contributed by atoms with Crippen LogP contribution in [-0.2, 0) is 28.6 Å². The second-order valence-corrected chi connectivity index (χ2v) is 8.15. The predicted molar refractivity (Wildman–Crippen MR) is 88.0 cm³/mol. The molecule has 6 nitrogen and oxygen atoms in total. The molecule has 0 aliphatic carbocycles. The molecule has 7 heteroatoms. The van der Waals surface area contributed by atoms with Crippen molar-refractivity contribution in [2.45, 2.75) is 50.6 Å². The highest BCUT2D eigenvalue weighted by Gasteiger charge is 2.30. The number of ketones is 1. The fraction of sp³-hybridized carbons (Fsp3) is 0.471. The van der Waals surface area contributed by atoms with Gasteiger partial charge in [0, 0.05) is 0 Å². The lowest BCUT2D eigenvalue weighted by molar-refractivity contribution is -0.199. The number of rotatable bonds is 5. The molecule has 0 radical (unpaired) electrons. The second kappa shape index (κ2) is 7.14. The maximum atomic E-state index is 12.2. The van der Waals surface area contributed by atoms with Crippen molar-refractivity contribution >= 4 is 15.9 Å². The molecule has 0 amide bonds. The molecule has 1 aromatic rings. The van der Waals surface area contributed by atoms with E-state index >= 15 is 0 Å². The first-order valence-corrected chi connectivity index (χ1v) is 8.99. The highest BCUT2D eigenvalue weighted by atomic mass is 32.2. The highest BCUT2D eigenvalue weighted by Crippen LogP contribution is 2.20. The molecule has 0 saturated heterocycles. The molecule has 2 rings (SSSR count). The number of hydrogen-bond acceptors (Lipinski definition) is 6. The van der Waals surface area contributed by atoms with Crippen LogP contribution < -0.4 is 0 Å². The average Bonchev–Trinajstić information content (AvgIpc) is 2.47. The Morgan fingerprint density at radius 1 is 1.17 bits per heavy atom. The standard InChI is InChI=1S/C17H22O6S/c1-12-5-7-13(8-6-12)24(19,20)21-11-15-14(18)9-10-16(22-15)23-17(2,3)4/h5-10,15-16H,11H2,1-4H3/t15-,16-/m1/s1. The number of aryl methyl sites for hydroxylation is 1. The molecule has 0 bridgehead atoms. The number of carbonyl (C=O) groups is 1. The minimum atomic E-state index is -3.95. The minimum absolute atomic E-state index is 0.0365. The number of benzene rings is 1. The third-order valence-corrected chi connectivity index (χ3v) is 4.48. The number of hydrogen-bond donors (Lipinski definition) is 0. The first kappa shape index (κ1) is 18.8. The van der Waals surface area contributed by atoms with E-state index in [0.29, 0.717) is 0 Å². The molecule has 24 heavy (non-hydrogen) atoms. The van der Waals surface area contributed by atoms with Crippen LogP contribution in [0.1, 0.15) is 26.3 Å². The maximum absolute atomic E-state index is 12.2. The van der Waals surface area contributed by atoms with Gasteiger partial charge < -0.3 is 9.47 Å². The molecule has 0 spiro atoms. The summed E-state index contributed by atoms with van der Waals surface area (Å²) >= 11 is 0. The molecule has 2 atom stereocenters. The van der Waals surface area contributed by atoms with E-state index < -0.39 is 34.7 Å². The van der Waals surface area contributed by atoms with Crippen LogP contribution in [0.5, 0.6) is 0 Å². The van der Waals surface area contributed by atoms with Crippen LogP contribution in [0.25, 0.3) is 0 Å². The van der Waals surface area contributed by atoms with E-state index in [4.69, 9.17) is 13.7 Å². The predicted octanol–water partition coefficient (Wildman–Crippen LogP) is 2.37. The zero-order chi connectivity index (χ0) is 18.0. The van der Waals surface area contributed by atoms with E-state index in [-0.39, 0.29) is 10.7 Å².